The number of hydrogen-bond donors (Lipinski definition) is 0. The lowest BCUT2D eigenvalue weighted by molar-refractivity contribution is -0.870. The van der Waals surface area contributed by atoms with Crippen molar-refractivity contribution in [3.8, 4) is 0 Å². The number of esters is 2. The molecule has 0 heterocycles. The average Bonchev–Trinajstić information content (AvgIpc) is 3.35. The largest absolute Gasteiger partial charge is 0.545 e. The maximum Gasteiger partial charge on any atom is 0.306 e. The molecule has 0 aliphatic carbocycles. The molecule has 0 aromatic heterocycles. The molecular formula is C63H119NO8. The number of rotatable bonds is 58. The Morgan fingerprint density at radius 2 is 0.750 bits per heavy atom. The summed E-state index contributed by atoms with van der Waals surface area (Å²) < 4.78 is 22.6. The van der Waals surface area contributed by atoms with Gasteiger partial charge >= 0.3 is 11.9 Å². The molecule has 0 aliphatic rings. The van der Waals surface area contributed by atoms with Crippen LogP contribution in [0.3, 0.4) is 0 Å². The van der Waals surface area contributed by atoms with Crippen molar-refractivity contribution in [2.45, 2.75) is 315 Å². The fraction of sp³-hybridized carbons (Fsp3) is 0.889. The van der Waals surface area contributed by atoms with E-state index in [1.165, 1.54) is 231 Å². The monoisotopic (exact) mass is 1020 g/mol. The van der Waals surface area contributed by atoms with Gasteiger partial charge in [-0.25, -0.2) is 0 Å². The molecule has 0 N–H and O–H groups in total. The second-order valence-corrected chi connectivity index (χ2v) is 22.4. The van der Waals surface area contributed by atoms with E-state index in [0.29, 0.717) is 17.4 Å². The zero-order valence-corrected chi connectivity index (χ0v) is 48.3. The highest BCUT2D eigenvalue weighted by Gasteiger charge is 2.22. The van der Waals surface area contributed by atoms with Crippen molar-refractivity contribution in [1.29, 1.82) is 0 Å². The number of nitrogens with zero attached hydrogens (tertiary/aromatic N) is 1. The summed E-state index contributed by atoms with van der Waals surface area (Å²) in [6, 6.07) is 0. The minimum absolute atomic E-state index is 0.152. The number of hydrogen-bond acceptors (Lipinski definition) is 8. The highest BCUT2D eigenvalue weighted by atomic mass is 16.7. The van der Waals surface area contributed by atoms with Crippen molar-refractivity contribution in [2.24, 2.45) is 0 Å². The van der Waals surface area contributed by atoms with E-state index in [1.54, 1.807) is 0 Å². The molecular weight excluding hydrogens is 899 g/mol. The van der Waals surface area contributed by atoms with Crippen molar-refractivity contribution in [3.63, 3.8) is 0 Å². The molecule has 2 atom stereocenters. The summed E-state index contributed by atoms with van der Waals surface area (Å²) in [7, 11) is 5.93. The van der Waals surface area contributed by atoms with Crippen molar-refractivity contribution in [2.75, 3.05) is 47.5 Å². The predicted octanol–water partition coefficient (Wildman–Crippen LogP) is 17.0. The van der Waals surface area contributed by atoms with Crippen LogP contribution in [-0.4, -0.2) is 82.3 Å². The first-order chi connectivity index (χ1) is 35.1. The number of carbonyl (C=O) groups is 3. The van der Waals surface area contributed by atoms with E-state index in [9.17, 15) is 19.5 Å². The summed E-state index contributed by atoms with van der Waals surface area (Å²) in [5.41, 5.74) is 0. The predicted molar refractivity (Wildman–Crippen MR) is 302 cm³/mol. The number of carboxylic acid groups (broad SMARTS) is 1. The molecule has 0 amide bonds. The molecule has 2 unspecified atom stereocenters. The Morgan fingerprint density at radius 1 is 0.417 bits per heavy atom. The summed E-state index contributed by atoms with van der Waals surface area (Å²) in [4.78, 5) is 37.1. The van der Waals surface area contributed by atoms with Crippen LogP contribution in [0, 0.1) is 0 Å². The van der Waals surface area contributed by atoms with E-state index in [2.05, 4.69) is 38.2 Å². The summed E-state index contributed by atoms with van der Waals surface area (Å²) in [6.45, 7) is 4.76. The number of likely N-dealkylation sites (N-methyl/N-ethyl adjacent to an activating group) is 1. The quantitative estimate of drug-likeness (QED) is 0.0195. The topological polar surface area (TPSA) is 111 Å². The fourth-order valence-electron chi connectivity index (χ4n) is 9.16. The first kappa shape index (κ1) is 69.8. The third kappa shape index (κ3) is 55.5. The highest BCUT2D eigenvalue weighted by molar-refractivity contribution is 5.70. The Kier molecular flexibility index (Phi) is 53.3. The zero-order chi connectivity index (χ0) is 52.7. The van der Waals surface area contributed by atoms with E-state index < -0.39 is 24.3 Å². The SMILES string of the molecule is CCCCCCC/C=C\C/C=C\CCCCCCCCCCCCCCCCCCCCCCCCCCCC(=O)OC(COC(=O)CCCCCCCCCCCC)COC(OCC[N+](C)(C)C)C(=O)[O-]. The molecule has 72 heavy (non-hydrogen) atoms. The summed E-state index contributed by atoms with van der Waals surface area (Å²) in [6.07, 6.45) is 62.7. The van der Waals surface area contributed by atoms with E-state index in [0.717, 1.165) is 44.9 Å². The first-order valence-corrected chi connectivity index (χ1v) is 31.0. The van der Waals surface area contributed by atoms with Gasteiger partial charge < -0.3 is 33.3 Å². The summed E-state index contributed by atoms with van der Waals surface area (Å²) >= 11 is 0. The van der Waals surface area contributed by atoms with Crippen LogP contribution in [-0.2, 0) is 33.3 Å². The maximum absolute atomic E-state index is 12.8. The number of unbranched alkanes of at least 4 members (excludes halogenated alkanes) is 39. The van der Waals surface area contributed by atoms with Gasteiger partial charge in [0.25, 0.3) is 0 Å². The molecule has 0 aliphatic heterocycles. The lowest BCUT2D eigenvalue weighted by Crippen LogP contribution is -2.44. The van der Waals surface area contributed by atoms with Gasteiger partial charge in [0.15, 0.2) is 12.4 Å². The summed E-state index contributed by atoms with van der Waals surface area (Å²) in [5.74, 6) is -2.26. The van der Waals surface area contributed by atoms with Gasteiger partial charge in [-0.15, -0.1) is 0 Å². The van der Waals surface area contributed by atoms with E-state index in [4.69, 9.17) is 18.9 Å². The fourth-order valence-corrected chi connectivity index (χ4v) is 9.16. The minimum atomic E-state index is -1.61. The lowest BCUT2D eigenvalue weighted by atomic mass is 10.0. The van der Waals surface area contributed by atoms with E-state index >= 15 is 0 Å². The molecule has 0 spiro atoms. The number of aliphatic carboxylic acids is 1. The molecule has 0 bridgehead atoms. The van der Waals surface area contributed by atoms with Gasteiger partial charge in [0.05, 0.1) is 40.3 Å². The van der Waals surface area contributed by atoms with Gasteiger partial charge in [-0.2, -0.15) is 0 Å². The highest BCUT2D eigenvalue weighted by Crippen LogP contribution is 2.18. The maximum atomic E-state index is 12.8. The normalized spacial score (nSPS) is 12.8. The van der Waals surface area contributed by atoms with Crippen LogP contribution < -0.4 is 5.11 Å². The van der Waals surface area contributed by atoms with Gasteiger partial charge in [-0.3, -0.25) is 9.59 Å². The third-order valence-electron chi connectivity index (χ3n) is 14.0. The Bertz CT molecular complexity index is 1230. The van der Waals surface area contributed by atoms with Crippen LogP contribution in [0.4, 0.5) is 0 Å². The van der Waals surface area contributed by atoms with Crippen LogP contribution in [0.2, 0.25) is 0 Å². The zero-order valence-electron chi connectivity index (χ0n) is 48.3. The van der Waals surface area contributed by atoms with Crippen LogP contribution in [0.5, 0.6) is 0 Å². The Labute approximate surface area is 446 Å². The minimum Gasteiger partial charge on any atom is -0.545 e. The van der Waals surface area contributed by atoms with E-state index in [1.807, 2.05) is 21.1 Å². The molecule has 0 saturated carbocycles. The molecule has 9 heteroatoms. The Hall–Kier alpha value is -2.23. The van der Waals surface area contributed by atoms with Gasteiger partial charge in [0.2, 0.25) is 0 Å². The van der Waals surface area contributed by atoms with Gasteiger partial charge in [-0.1, -0.05) is 269 Å². The molecule has 0 fully saturated rings. The molecule has 9 nitrogen and oxygen atoms in total. The number of ether oxygens (including phenoxy) is 4. The van der Waals surface area contributed by atoms with Crippen LogP contribution in [0.1, 0.15) is 303 Å². The van der Waals surface area contributed by atoms with Gasteiger partial charge in [0, 0.05) is 12.8 Å². The molecule has 0 aromatic rings. The Balaban J connectivity index is 3.90. The molecule has 0 saturated heterocycles. The molecule has 0 aromatic carbocycles. The number of allylic oxidation sites excluding steroid dienone is 4. The van der Waals surface area contributed by atoms with Crippen LogP contribution in [0.25, 0.3) is 0 Å². The van der Waals surface area contributed by atoms with Crippen LogP contribution in [0.15, 0.2) is 24.3 Å². The number of carboxylic acids is 1. The van der Waals surface area contributed by atoms with Gasteiger partial charge in [-0.05, 0) is 44.9 Å². The average molecular weight is 1020 g/mol. The first-order valence-electron chi connectivity index (χ1n) is 31.0. The lowest BCUT2D eigenvalue weighted by Gasteiger charge is -2.26. The number of carbonyl (C=O) groups excluding carboxylic acids is 3. The number of quaternary nitrogens is 1. The van der Waals surface area contributed by atoms with Crippen molar-refractivity contribution >= 4 is 17.9 Å². The second kappa shape index (κ2) is 55.0. The third-order valence-corrected chi connectivity index (χ3v) is 14.0. The standard InChI is InChI=1S/C63H119NO8/c1-6-8-10-12-14-16-18-19-20-21-22-23-24-25-26-27-28-29-30-31-32-33-34-35-36-37-38-39-40-41-42-43-44-46-48-50-52-54-61(66)72-59(58-71-63(62(67)68)69-56-55-64(3,4)5)57-70-60(65)53-51-49-47-45-17-15-13-11-9-7-2/h18-19,21-22,59,63H,6-17,20,23-58H2,1-5H3/b19-18-,22-21-. The summed E-state index contributed by atoms with van der Waals surface area (Å²) in [5, 5.41) is 11.7. The Morgan fingerprint density at radius 3 is 1.10 bits per heavy atom. The van der Waals surface area contributed by atoms with Crippen LogP contribution >= 0.6 is 0 Å². The van der Waals surface area contributed by atoms with Crippen molar-refractivity contribution in [1.82, 2.24) is 0 Å². The van der Waals surface area contributed by atoms with Crippen molar-refractivity contribution in [3.05, 3.63) is 24.3 Å². The molecule has 0 radical (unpaired) electrons. The molecule has 0 rings (SSSR count). The van der Waals surface area contributed by atoms with E-state index in [-0.39, 0.29) is 32.2 Å². The van der Waals surface area contributed by atoms with Crippen molar-refractivity contribution < 1.29 is 42.9 Å². The second-order valence-electron chi connectivity index (χ2n) is 22.4. The van der Waals surface area contributed by atoms with Gasteiger partial charge in [0.1, 0.15) is 13.2 Å². The molecule has 424 valence electrons. The smallest absolute Gasteiger partial charge is 0.306 e.